The van der Waals surface area contributed by atoms with Gasteiger partial charge in [-0.05, 0) is 37.1 Å². The zero-order chi connectivity index (χ0) is 19.3. The van der Waals surface area contributed by atoms with Gasteiger partial charge in [0, 0.05) is 18.8 Å². The van der Waals surface area contributed by atoms with Crippen molar-refractivity contribution in [2.75, 3.05) is 18.9 Å². The van der Waals surface area contributed by atoms with Gasteiger partial charge in [-0.25, -0.2) is 0 Å². The molecule has 0 saturated heterocycles. The van der Waals surface area contributed by atoms with Crippen LogP contribution in [0.5, 0.6) is 0 Å². The molecule has 0 fully saturated rings. The third-order valence-corrected chi connectivity index (χ3v) is 3.69. The maximum atomic E-state index is 12.2. The molecule has 0 bridgehead atoms. The lowest BCUT2D eigenvalue weighted by atomic mass is 10.1. The third-order valence-electron chi connectivity index (χ3n) is 3.69. The summed E-state index contributed by atoms with van der Waals surface area (Å²) in [6.07, 6.45) is 2.50. The van der Waals surface area contributed by atoms with Crippen LogP contribution in [-0.4, -0.2) is 35.2 Å². The van der Waals surface area contributed by atoms with Gasteiger partial charge in [-0.3, -0.25) is 19.7 Å². The van der Waals surface area contributed by atoms with Crippen LogP contribution in [0.3, 0.4) is 0 Å². The molecule has 1 aromatic heterocycles. The van der Waals surface area contributed by atoms with Crippen LogP contribution in [0.15, 0.2) is 40.8 Å². The molecule has 0 atom stereocenters. The van der Waals surface area contributed by atoms with Crippen molar-refractivity contribution in [3.63, 3.8) is 0 Å². The van der Waals surface area contributed by atoms with Crippen LogP contribution in [0.1, 0.15) is 16.9 Å². The molecule has 1 heterocycles. The van der Waals surface area contributed by atoms with Crippen LogP contribution in [0.2, 0.25) is 0 Å². The van der Waals surface area contributed by atoms with Crippen LogP contribution in [0, 0.1) is 24.0 Å². The van der Waals surface area contributed by atoms with E-state index >= 15 is 0 Å². The second-order valence-corrected chi connectivity index (χ2v) is 5.78. The summed E-state index contributed by atoms with van der Waals surface area (Å²) in [5.41, 5.74) is 2.61. The zero-order valence-electron chi connectivity index (χ0n) is 14.7. The molecule has 0 aliphatic rings. The fraction of sp³-hybridized carbons (Fsp3) is 0.222. The lowest BCUT2D eigenvalue weighted by Gasteiger charge is -2.16. The number of hydrogen-bond acceptors (Lipinski definition) is 5. The summed E-state index contributed by atoms with van der Waals surface area (Å²) >= 11 is 0. The lowest BCUT2D eigenvalue weighted by molar-refractivity contribution is -0.402. The smallest absolute Gasteiger partial charge is 0.401 e. The lowest BCUT2D eigenvalue weighted by Crippen LogP contribution is -2.34. The van der Waals surface area contributed by atoms with E-state index < -0.39 is 16.7 Å². The molecule has 0 aliphatic carbocycles. The molecule has 0 radical (unpaired) electrons. The predicted octanol–water partition coefficient (Wildman–Crippen LogP) is 2.91. The van der Waals surface area contributed by atoms with E-state index in [4.69, 9.17) is 4.42 Å². The Morgan fingerprint density at radius 3 is 2.46 bits per heavy atom. The number of nitro groups is 1. The quantitative estimate of drug-likeness (QED) is 0.486. The van der Waals surface area contributed by atoms with E-state index in [1.54, 1.807) is 0 Å². The highest BCUT2D eigenvalue weighted by atomic mass is 16.6. The highest BCUT2D eigenvalue weighted by Gasteiger charge is 2.14. The number of carbonyl (C=O) groups is 2. The van der Waals surface area contributed by atoms with Gasteiger partial charge in [-0.15, -0.1) is 0 Å². The van der Waals surface area contributed by atoms with E-state index in [2.05, 4.69) is 5.32 Å². The van der Waals surface area contributed by atoms with Crippen molar-refractivity contribution in [3.8, 4) is 0 Å². The Balaban J connectivity index is 1.94. The molecule has 0 unspecified atom stereocenters. The number of anilines is 1. The van der Waals surface area contributed by atoms with Gasteiger partial charge in [-0.2, -0.15) is 0 Å². The number of para-hydroxylation sites is 1. The fourth-order valence-corrected chi connectivity index (χ4v) is 2.29. The molecule has 26 heavy (non-hydrogen) atoms. The fourth-order valence-electron chi connectivity index (χ4n) is 2.29. The van der Waals surface area contributed by atoms with E-state index in [1.807, 2.05) is 32.0 Å². The van der Waals surface area contributed by atoms with E-state index in [0.29, 0.717) is 0 Å². The molecule has 8 heteroatoms. The highest BCUT2D eigenvalue weighted by Crippen LogP contribution is 2.19. The Labute approximate surface area is 150 Å². The topological polar surface area (TPSA) is 106 Å². The summed E-state index contributed by atoms with van der Waals surface area (Å²) in [5.74, 6) is -0.974. The number of furan rings is 1. The number of hydrogen-bond donors (Lipinski definition) is 1. The molecular weight excluding hydrogens is 338 g/mol. The minimum Gasteiger partial charge on any atom is -0.401 e. The Bertz CT molecular complexity index is 849. The largest absolute Gasteiger partial charge is 0.433 e. The van der Waals surface area contributed by atoms with Gasteiger partial charge in [0.15, 0.2) is 0 Å². The van der Waals surface area contributed by atoms with Crippen LogP contribution in [0.4, 0.5) is 11.6 Å². The Morgan fingerprint density at radius 1 is 1.23 bits per heavy atom. The first-order valence-electron chi connectivity index (χ1n) is 7.81. The van der Waals surface area contributed by atoms with Crippen molar-refractivity contribution in [3.05, 3.63) is 63.4 Å². The minimum atomic E-state index is -0.664. The summed E-state index contributed by atoms with van der Waals surface area (Å²) in [7, 11) is 1.49. The zero-order valence-corrected chi connectivity index (χ0v) is 14.7. The maximum Gasteiger partial charge on any atom is 0.433 e. The summed E-state index contributed by atoms with van der Waals surface area (Å²) in [6.45, 7) is 3.65. The molecule has 1 aromatic carbocycles. The number of aryl methyl sites for hydroxylation is 2. The summed E-state index contributed by atoms with van der Waals surface area (Å²) < 4.78 is 4.93. The SMILES string of the molecule is Cc1cccc(C)c1NC(=O)CN(C)C(=O)/C=C/c1ccc([N+](=O)[O-])o1. The summed E-state index contributed by atoms with van der Waals surface area (Å²) in [6, 6.07) is 8.27. The van der Waals surface area contributed by atoms with E-state index in [0.717, 1.165) is 16.8 Å². The first-order valence-corrected chi connectivity index (χ1v) is 7.81. The van der Waals surface area contributed by atoms with Crippen molar-refractivity contribution >= 4 is 29.5 Å². The Morgan fingerprint density at radius 2 is 1.88 bits per heavy atom. The molecule has 2 aromatic rings. The standard InChI is InChI=1S/C18H19N3O5/c1-12-5-4-6-13(2)18(12)19-15(22)11-20(3)16(23)9-7-14-8-10-17(26-14)21(24)25/h4-10H,11H2,1-3H3,(H,19,22)/b9-7+. The van der Waals surface area contributed by atoms with Crippen LogP contribution in [-0.2, 0) is 9.59 Å². The van der Waals surface area contributed by atoms with Gasteiger partial charge in [0.25, 0.3) is 0 Å². The molecule has 0 aliphatic heterocycles. The van der Waals surface area contributed by atoms with Crippen molar-refractivity contribution in [1.29, 1.82) is 0 Å². The van der Waals surface area contributed by atoms with Crippen LogP contribution in [0.25, 0.3) is 6.08 Å². The second kappa shape index (κ2) is 8.11. The van der Waals surface area contributed by atoms with Crippen molar-refractivity contribution < 1.29 is 18.9 Å². The maximum absolute atomic E-state index is 12.2. The first kappa shape index (κ1) is 18.9. The summed E-state index contributed by atoms with van der Waals surface area (Å²) in [4.78, 5) is 35.3. The molecule has 136 valence electrons. The average molecular weight is 357 g/mol. The monoisotopic (exact) mass is 357 g/mol. The van der Waals surface area contributed by atoms with Gasteiger partial charge in [0.1, 0.15) is 10.7 Å². The van der Waals surface area contributed by atoms with Gasteiger partial charge in [-0.1, -0.05) is 18.2 Å². The second-order valence-electron chi connectivity index (χ2n) is 5.78. The molecule has 0 spiro atoms. The summed E-state index contributed by atoms with van der Waals surface area (Å²) in [5, 5.41) is 13.4. The molecule has 2 rings (SSSR count). The third kappa shape index (κ3) is 4.79. The number of likely N-dealkylation sites (N-methyl/N-ethyl adjacent to an activating group) is 1. The van der Waals surface area contributed by atoms with Crippen molar-refractivity contribution in [1.82, 2.24) is 4.90 Å². The van der Waals surface area contributed by atoms with Gasteiger partial charge < -0.3 is 14.6 Å². The Kier molecular flexibility index (Phi) is 5.90. The van der Waals surface area contributed by atoms with Crippen molar-refractivity contribution in [2.45, 2.75) is 13.8 Å². The molecule has 1 N–H and O–H groups in total. The average Bonchev–Trinajstić information content (AvgIpc) is 3.05. The van der Waals surface area contributed by atoms with Gasteiger partial charge >= 0.3 is 5.88 Å². The number of benzene rings is 1. The molecular formula is C18H19N3O5. The number of nitrogens with one attached hydrogen (secondary N) is 1. The van der Waals surface area contributed by atoms with Gasteiger partial charge in [0.05, 0.1) is 12.6 Å². The Hall–Kier alpha value is -3.42. The van der Waals surface area contributed by atoms with Crippen LogP contribution >= 0.6 is 0 Å². The van der Waals surface area contributed by atoms with Gasteiger partial charge in [0.2, 0.25) is 11.8 Å². The highest BCUT2D eigenvalue weighted by molar-refractivity contribution is 5.98. The van der Waals surface area contributed by atoms with E-state index in [-0.39, 0.29) is 18.2 Å². The van der Waals surface area contributed by atoms with Crippen LogP contribution < -0.4 is 5.32 Å². The molecule has 8 nitrogen and oxygen atoms in total. The number of nitrogens with zero attached hydrogens (tertiary/aromatic N) is 2. The molecule has 0 saturated carbocycles. The van der Waals surface area contributed by atoms with E-state index in [9.17, 15) is 19.7 Å². The normalized spacial score (nSPS) is 10.7. The van der Waals surface area contributed by atoms with Crippen molar-refractivity contribution in [2.24, 2.45) is 0 Å². The number of carbonyl (C=O) groups excluding carboxylic acids is 2. The minimum absolute atomic E-state index is 0.130. The molecule has 2 amide bonds. The predicted molar refractivity (Wildman–Crippen MR) is 96.6 cm³/mol. The van der Waals surface area contributed by atoms with E-state index in [1.165, 1.54) is 36.2 Å². The number of amides is 2. The first-order chi connectivity index (χ1) is 12.3. The number of rotatable bonds is 6.